The molecule has 0 saturated carbocycles. The largest absolute Gasteiger partial charge is 0.303 e. The Kier molecular flexibility index (Phi) is 4.77. The predicted molar refractivity (Wildman–Crippen MR) is 82.0 cm³/mol. The molecule has 0 fully saturated rings. The van der Waals surface area contributed by atoms with Crippen molar-refractivity contribution in [2.45, 2.75) is 39.4 Å². The Balaban J connectivity index is 2.06. The number of benzene rings is 1. The van der Waals surface area contributed by atoms with Crippen LogP contribution in [0.5, 0.6) is 0 Å². The highest BCUT2D eigenvalue weighted by Gasteiger charge is 2.14. The molecule has 1 aromatic carbocycles. The van der Waals surface area contributed by atoms with E-state index in [0.717, 1.165) is 11.0 Å². The van der Waals surface area contributed by atoms with E-state index >= 15 is 0 Å². The molecule has 0 bridgehead atoms. The van der Waals surface area contributed by atoms with Crippen LogP contribution in [0, 0.1) is 0 Å². The first-order valence-corrected chi connectivity index (χ1v) is 7.44. The standard InChI is InChI=1S/C15H20BrN3/c1-4-19-10-13(9-17-19)11(2)18-12(3)14-7-5-6-8-15(14)16/h5-12,18H,4H2,1-3H3/t11-,12+/m0/s1. The summed E-state index contributed by atoms with van der Waals surface area (Å²) in [4.78, 5) is 0. The third-order valence-corrected chi connectivity index (χ3v) is 4.07. The molecule has 0 saturated heterocycles. The van der Waals surface area contributed by atoms with Crippen LogP contribution in [-0.2, 0) is 6.54 Å². The monoisotopic (exact) mass is 321 g/mol. The van der Waals surface area contributed by atoms with Gasteiger partial charge in [-0.1, -0.05) is 34.1 Å². The minimum absolute atomic E-state index is 0.280. The van der Waals surface area contributed by atoms with Crippen molar-refractivity contribution in [3.63, 3.8) is 0 Å². The van der Waals surface area contributed by atoms with Crippen LogP contribution in [0.3, 0.4) is 0 Å². The van der Waals surface area contributed by atoms with Crippen molar-refractivity contribution in [3.05, 3.63) is 52.3 Å². The van der Waals surface area contributed by atoms with Gasteiger partial charge in [-0.15, -0.1) is 0 Å². The molecule has 2 aromatic rings. The second-order valence-corrected chi connectivity index (χ2v) is 5.62. The molecule has 1 N–H and O–H groups in total. The van der Waals surface area contributed by atoms with Crippen LogP contribution < -0.4 is 5.32 Å². The smallest absolute Gasteiger partial charge is 0.0537 e. The molecule has 19 heavy (non-hydrogen) atoms. The van der Waals surface area contributed by atoms with Crippen molar-refractivity contribution >= 4 is 15.9 Å². The van der Waals surface area contributed by atoms with Crippen molar-refractivity contribution in [2.75, 3.05) is 0 Å². The van der Waals surface area contributed by atoms with Crippen molar-refractivity contribution in [3.8, 4) is 0 Å². The number of rotatable bonds is 5. The zero-order valence-corrected chi connectivity index (χ0v) is 13.2. The lowest BCUT2D eigenvalue weighted by Crippen LogP contribution is -2.22. The molecule has 2 rings (SSSR count). The van der Waals surface area contributed by atoms with Gasteiger partial charge >= 0.3 is 0 Å². The minimum Gasteiger partial charge on any atom is -0.303 e. The van der Waals surface area contributed by atoms with Crippen LogP contribution in [0.1, 0.15) is 44.0 Å². The molecule has 4 heteroatoms. The lowest BCUT2D eigenvalue weighted by Gasteiger charge is -2.20. The minimum atomic E-state index is 0.280. The number of nitrogens with one attached hydrogen (secondary N) is 1. The number of halogens is 1. The summed E-state index contributed by atoms with van der Waals surface area (Å²) in [6.45, 7) is 7.36. The molecule has 102 valence electrons. The van der Waals surface area contributed by atoms with Gasteiger partial charge in [0.15, 0.2) is 0 Å². The van der Waals surface area contributed by atoms with Crippen LogP contribution in [0.25, 0.3) is 0 Å². The Morgan fingerprint density at radius 1 is 1.26 bits per heavy atom. The molecular weight excluding hydrogens is 302 g/mol. The van der Waals surface area contributed by atoms with Gasteiger partial charge in [-0.3, -0.25) is 4.68 Å². The van der Waals surface area contributed by atoms with E-state index < -0.39 is 0 Å². The van der Waals surface area contributed by atoms with Gasteiger partial charge in [-0.2, -0.15) is 5.10 Å². The average Bonchev–Trinajstić information content (AvgIpc) is 2.88. The van der Waals surface area contributed by atoms with Crippen LogP contribution >= 0.6 is 15.9 Å². The molecule has 3 nitrogen and oxygen atoms in total. The highest BCUT2D eigenvalue weighted by atomic mass is 79.9. The van der Waals surface area contributed by atoms with Crippen molar-refractivity contribution in [1.29, 1.82) is 0 Å². The van der Waals surface area contributed by atoms with Gasteiger partial charge in [0, 0.05) is 34.9 Å². The maximum atomic E-state index is 4.32. The zero-order chi connectivity index (χ0) is 13.8. The number of aryl methyl sites for hydroxylation is 1. The van der Waals surface area contributed by atoms with E-state index in [1.807, 2.05) is 16.9 Å². The SMILES string of the molecule is CCn1cc([C@H](C)N[C@H](C)c2ccccc2Br)cn1. The fourth-order valence-electron chi connectivity index (χ4n) is 2.16. The number of hydrogen-bond acceptors (Lipinski definition) is 2. The molecule has 0 amide bonds. The first-order valence-electron chi connectivity index (χ1n) is 6.64. The second-order valence-electron chi connectivity index (χ2n) is 4.76. The fourth-order valence-corrected chi connectivity index (χ4v) is 2.79. The highest BCUT2D eigenvalue weighted by Crippen LogP contribution is 2.25. The van der Waals surface area contributed by atoms with E-state index in [9.17, 15) is 0 Å². The summed E-state index contributed by atoms with van der Waals surface area (Å²) in [5.74, 6) is 0. The summed E-state index contributed by atoms with van der Waals surface area (Å²) in [5.41, 5.74) is 2.50. The van der Waals surface area contributed by atoms with Crippen LogP contribution in [-0.4, -0.2) is 9.78 Å². The normalized spacial score (nSPS) is 14.3. The number of hydrogen-bond donors (Lipinski definition) is 1. The van der Waals surface area contributed by atoms with Crippen LogP contribution in [0.15, 0.2) is 41.1 Å². The average molecular weight is 322 g/mol. The van der Waals surface area contributed by atoms with E-state index in [-0.39, 0.29) is 12.1 Å². The van der Waals surface area contributed by atoms with Gasteiger partial charge < -0.3 is 5.32 Å². The topological polar surface area (TPSA) is 29.9 Å². The predicted octanol–water partition coefficient (Wildman–Crippen LogP) is 4.08. The quantitative estimate of drug-likeness (QED) is 0.899. The Hall–Kier alpha value is -1.13. The third kappa shape index (κ3) is 3.45. The van der Waals surface area contributed by atoms with E-state index in [4.69, 9.17) is 0 Å². The molecule has 2 atom stereocenters. The summed E-state index contributed by atoms with van der Waals surface area (Å²) >= 11 is 3.60. The van der Waals surface area contributed by atoms with Gasteiger partial charge in [0.2, 0.25) is 0 Å². The lowest BCUT2D eigenvalue weighted by molar-refractivity contribution is 0.493. The third-order valence-electron chi connectivity index (χ3n) is 3.35. The molecule has 0 unspecified atom stereocenters. The molecule has 1 heterocycles. The first-order chi connectivity index (χ1) is 9.11. The highest BCUT2D eigenvalue weighted by molar-refractivity contribution is 9.10. The van der Waals surface area contributed by atoms with E-state index in [2.05, 4.69) is 71.5 Å². The molecule has 0 aliphatic heterocycles. The molecule has 0 aliphatic carbocycles. The van der Waals surface area contributed by atoms with Crippen molar-refractivity contribution in [1.82, 2.24) is 15.1 Å². The van der Waals surface area contributed by atoms with Crippen LogP contribution in [0.4, 0.5) is 0 Å². The van der Waals surface area contributed by atoms with Crippen molar-refractivity contribution in [2.24, 2.45) is 0 Å². The van der Waals surface area contributed by atoms with Gasteiger partial charge in [0.1, 0.15) is 0 Å². The summed E-state index contributed by atoms with van der Waals surface area (Å²) in [5, 5.41) is 7.93. The van der Waals surface area contributed by atoms with Gasteiger partial charge in [0.25, 0.3) is 0 Å². The molecule has 0 radical (unpaired) electrons. The first kappa shape index (κ1) is 14.3. The summed E-state index contributed by atoms with van der Waals surface area (Å²) in [6, 6.07) is 8.89. The number of nitrogens with zero attached hydrogens (tertiary/aromatic N) is 2. The lowest BCUT2D eigenvalue weighted by atomic mass is 10.1. The Morgan fingerprint density at radius 2 is 2.00 bits per heavy atom. The van der Waals surface area contributed by atoms with E-state index in [0.29, 0.717) is 0 Å². The zero-order valence-electron chi connectivity index (χ0n) is 11.6. The summed E-state index contributed by atoms with van der Waals surface area (Å²) in [6.07, 6.45) is 4.04. The van der Waals surface area contributed by atoms with E-state index in [1.54, 1.807) is 0 Å². The fraction of sp³-hybridized carbons (Fsp3) is 0.400. The number of aromatic nitrogens is 2. The Bertz CT molecular complexity index is 536. The Labute approximate surface area is 123 Å². The second kappa shape index (κ2) is 6.35. The van der Waals surface area contributed by atoms with Gasteiger partial charge in [-0.05, 0) is 32.4 Å². The maximum Gasteiger partial charge on any atom is 0.0537 e. The van der Waals surface area contributed by atoms with Gasteiger partial charge in [0.05, 0.1) is 6.20 Å². The molecule has 0 spiro atoms. The Morgan fingerprint density at radius 3 is 2.63 bits per heavy atom. The van der Waals surface area contributed by atoms with E-state index in [1.165, 1.54) is 11.1 Å². The molecular formula is C15H20BrN3. The van der Waals surface area contributed by atoms with Crippen molar-refractivity contribution < 1.29 is 0 Å². The van der Waals surface area contributed by atoms with Crippen LogP contribution in [0.2, 0.25) is 0 Å². The maximum absolute atomic E-state index is 4.32. The molecule has 1 aromatic heterocycles. The summed E-state index contributed by atoms with van der Waals surface area (Å²) < 4.78 is 3.10. The summed E-state index contributed by atoms with van der Waals surface area (Å²) in [7, 11) is 0. The van der Waals surface area contributed by atoms with Gasteiger partial charge in [-0.25, -0.2) is 0 Å². The molecule has 0 aliphatic rings.